The number of carbonyl (C=O) groups is 1. The molecule has 0 N–H and O–H groups in total. The van der Waals surface area contributed by atoms with Crippen molar-refractivity contribution >= 4 is 39.5 Å². The van der Waals surface area contributed by atoms with E-state index in [4.69, 9.17) is 0 Å². The third-order valence-corrected chi connectivity index (χ3v) is 10.3. The van der Waals surface area contributed by atoms with E-state index in [-0.39, 0.29) is 29.5 Å². The van der Waals surface area contributed by atoms with Gasteiger partial charge in [-0.25, -0.2) is 8.42 Å². The molecule has 0 saturated carbocycles. The van der Waals surface area contributed by atoms with Gasteiger partial charge < -0.3 is 4.90 Å². The minimum absolute atomic E-state index is 0.0190. The molecule has 2 aromatic rings. The number of sulfonamides is 1. The van der Waals surface area contributed by atoms with E-state index in [9.17, 15) is 18.5 Å². The highest BCUT2D eigenvalue weighted by Crippen LogP contribution is 2.45. The van der Waals surface area contributed by atoms with Gasteiger partial charge in [0.25, 0.3) is 5.91 Å². The third kappa shape index (κ3) is 4.23. The zero-order valence-corrected chi connectivity index (χ0v) is 18.7. The number of carbonyl (C=O) groups excluding carboxylic acids is 1. The van der Waals surface area contributed by atoms with Gasteiger partial charge in [0.2, 0.25) is 10.0 Å². The summed E-state index contributed by atoms with van der Waals surface area (Å²) in [5.74, 6) is 2.23. The first-order chi connectivity index (χ1) is 14.5. The van der Waals surface area contributed by atoms with Crippen molar-refractivity contribution in [3.63, 3.8) is 0 Å². The summed E-state index contributed by atoms with van der Waals surface area (Å²) < 4.78 is 27.7. The fourth-order valence-corrected chi connectivity index (χ4v) is 7.99. The molecule has 0 atom stereocenters. The molecule has 2 fully saturated rings. The summed E-state index contributed by atoms with van der Waals surface area (Å²) in [6.45, 7) is 1.06. The highest BCUT2D eigenvalue weighted by atomic mass is 32.2. The van der Waals surface area contributed by atoms with E-state index in [1.807, 2.05) is 53.9 Å². The fraction of sp³-hybridized carbons (Fsp3) is 0.333. The smallest absolute Gasteiger partial charge is 0.253 e. The van der Waals surface area contributed by atoms with Crippen molar-refractivity contribution in [2.45, 2.75) is 9.48 Å². The van der Waals surface area contributed by atoms with E-state index in [1.165, 1.54) is 22.0 Å². The molecule has 0 aromatic heterocycles. The predicted molar refractivity (Wildman–Crippen MR) is 120 cm³/mol. The number of rotatable bonds is 4. The van der Waals surface area contributed by atoms with Crippen LogP contribution in [0.2, 0.25) is 0 Å². The van der Waals surface area contributed by atoms with E-state index < -0.39 is 10.0 Å². The van der Waals surface area contributed by atoms with Gasteiger partial charge in [0.05, 0.1) is 15.0 Å². The SMILES string of the molecule is N#Cc1ccccc1S(=O)(=O)N1CCN(C(=O)c2ccc(C3SCCS3)cc2)CC1. The van der Waals surface area contributed by atoms with Gasteiger partial charge in [0.1, 0.15) is 6.07 Å². The van der Waals surface area contributed by atoms with Crippen LogP contribution in [0.4, 0.5) is 0 Å². The molecule has 1 amide bonds. The van der Waals surface area contributed by atoms with E-state index in [0.717, 1.165) is 11.5 Å². The highest BCUT2D eigenvalue weighted by molar-refractivity contribution is 8.19. The zero-order chi connectivity index (χ0) is 21.1. The quantitative estimate of drug-likeness (QED) is 0.699. The van der Waals surface area contributed by atoms with Crippen LogP contribution in [0.1, 0.15) is 26.1 Å². The second-order valence-electron chi connectivity index (χ2n) is 7.00. The van der Waals surface area contributed by atoms with Gasteiger partial charge in [0, 0.05) is 43.2 Å². The molecule has 0 radical (unpaired) electrons. The lowest BCUT2D eigenvalue weighted by Crippen LogP contribution is -2.50. The van der Waals surface area contributed by atoms with Gasteiger partial charge in [-0.2, -0.15) is 9.57 Å². The lowest BCUT2D eigenvalue weighted by molar-refractivity contribution is 0.0698. The average Bonchev–Trinajstić information content (AvgIpc) is 3.34. The average molecular weight is 460 g/mol. The molecular weight excluding hydrogens is 438 g/mol. The van der Waals surface area contributed by atoms with Crippen LogP contribution in [0.25, 0.3) is 0 Å². The number of nitriles is 1. The zero-order valence-electron chi connectivity index (χ0n) is 16.2. The number of hydrogen-bond acceptors (Lipinski definition) is 6. The Balaban J connectivity index is 1.41. The highest BCUT2D eigenvalue weighted by Gasteiger charge is 2.32. The monoisotopic (exact) mass is 459 g/mol. The van der Waals surface area contributed by atoms with E-state index >= 15 is 0 Å². The molecule has 6 nitrogen and oxygen atoms in total. The van der Waals surface area contributed by atoms with Crippen LogP contribution in [0.3, 0.4) is 0 Å². The first-order valence-electron chi connectivity index (χ1n) is 9.62. The summed E-state index contributed by atoms with van der Waals surface area (Å²) in [4.78, 5) is 14.6. The van der Waals surface area contributed by atoms with Gasteiger partial charge in [-0.1, -0.05) is 24.3 Å². The summed E-state index contributed by atoms with van der Waals surface area (Å²) in [6, 6.07) is 15.9. The Morgan fingerprint density at radius 3 is 2.23 bits per heavy atom. The molecule has 156 valence electrons. The number of thioether (sulfide) groups is 2. The number of nitrogens with zero attached hydrogens (tertiary/aromatic N) is 3. The molecule has 9 heteroatoms. The van der Waals surface area contributed by atoms with Crippen LogP contribution in [-0.4, -0.2) is 61.2 Å². The maximum Gasteiger partial charge on any atom is 0.253 e. The normalized spacial score (nSPS) is 18.3. The van der Waals surface area contributed by atoms with Crippen molar-refractivity contribution in [3.05, 3.63) is 65.2 Å². The van der Waals surface area contributed by atoms with Crippen molar-refractivity contribution in [2.75, 3.05) is 37.7 Å². The van der Waals surface area contributed by atoms with Gasteiger partial charge in [0.15, 0.2) is 0 Å². The van der Waals surface area contributed by atoms with Crippen molar-refractivity contribution in [3.8, 4) is 6.07 Å². The maximum atomic E-state index is 12.9. The minimum atomic E-state index is -3.77. The van der Waals surface area contributed by atoms with Crippen LogP contribution in [-0.2, 0) is 10.0 Å². The molecule has 2 aliphatic rings. The Morgan fingerprint density at radius 1 is 0.967 bits per heavy atom. The Labute approximate surface area is 185 Å². The molecule has 2 saturated heterocycles. The van der Waals surface area contributed by atoms with Crippen LogP contribution >= 0.6 is 23.5 Å². The molecule has 0 unspecified atom stereocenters. The number of benzene rings is 2. The van der Waals surface area contributed by atoms with Crippen LogP contribution in [0.5, 0.6) is 0 Å². The van der Waals surface area contributed by atoms with Gasteiger partial charge in [-0.3, -0.25) is 4.79 Å². The first kappa shape index (κ1) is 21.2. The molecular formula is C21H21N3O3S3. The molecule has 2 aromatic carbocycles. The Bertz CT molecular complexity index is 1070. The van der Waals surface area contributed by atoms with Crippen LogP contribution < -0.4 is 0 Å². The third-order valence-electron chi connectivity index (χ3n) is 5.20. The van der Waals surface area contributed by atoms with Gasteiger partial charge >= 0.3 is 0 Å². The lowest BCUT2D eigenvalue weighted by atomic mass is 10.1. The molecule has 2 aliphatic heterocycles. The van der Waals surface area contributed by atoms with Crippen molar-refractivity contribution in [1.82, 2.24) is 9.21 Å². The van der Waals surface area contributed by atoms with Crippen molar-refractivity contribution in [2.24, 2.45) is 0 Å². The second kappa shape index (κ2) is 9.02. The Hall–Kier alpha value is -1.99. The Kier molecular flexibility index (Phi) is 6.39. The standard InChI is InChI=1S/C21H21N3O3S3/c22-15-18-3-1-2-4-19(18)30(26,27)24-11-9-23(10-12-24)20(25)16-5-7-17(8-6-16)21-28-13-14-29-21/h1-8,21H,9-14H2. The largest absolute Gasteiger partial charge is 0.336 e. The molecule has 2 heterocycles. The number of piperazine rings is 1. The topological polar surface area (TPSA) is 81.5 Å². The molecule has 30 heavy (non-hydrogen) atoms. The summed E-state index contributed by atoms with van der Waals surface area (Å²) in [6.07, 6.45) is 0. The molecule has 0 aliphatic carbocycles. The van der Waals surface area contributed by atoms with E-state index in [2.05, 4.69) is 0 Å². The second-order valence-corrected chi connectivity index (χ2v) is 11.6. The summed E-state index contributed by atoms with van der Waals surface area (Å²) in [5, 5.41) is 9.22. The summed E-state index contributed by atoms with van der Waals surface area (Å²) in [7, 11) is -3.77. The van der Waals surface area contributed by atoms with Crippen LogP contribution in [0.15, 0.2) is 53.4 Å². The van der Waals surface area contributed by atoms with Crippen molar-refractivity contribution < 1.29 is 13.2 Å². The Morgan fingerprint density at radius 2 is 1.60 bits per heavy atom. The molecule has 4 rings (SSSR count). The summed E-state index contributed by atoms with van der Waals surface area (Å²) >= 11 is 3.85. The number of amides is 1. The van der Waals surface area contributed by atoms with Crippen molar-refractivity contribution in [1.29, 1.82) is 5.26 Å². The molecule has 0 bridgehead atoms. The van der Waals surface area contributed by atoms with Crippen LogP contribution in [0, 0.1) is 11.3 Å². The predicted octanol–water partition coefficient (Wildman–Crippen LogP) is 3.18. The van der Waals surface area contributed by atoms with E-state index in [1.54, 1.807) is 17.0 Å². The maximum absolute atomic E-state index is 12.9. The lowest BCUT2D eigenvalue weighted by Gasteiger charge is -2.34. The van der Waals surface area contributed by atoms with Gasteiger partial charge in [-0.15, -0.1) is 23.5 Å². The number of hydrogen-bond donors (Lipinski definition) is 0. The minimum Gasteiger partial charge on any atom is -0.336 e. The van der Waals surface area contributed by atoms with Gasteiger partial charge in [-0.05, 0) is 29.8 Å². The summed E-state index contributed by atoms with van der Waals surface area (Å²) in [5.41, 5.74) is 1.98. The molecule has 0 spiro atoms. The van der Waals surface area contributed by atoms with E-state index in [0.29, 0.717) is 23.2 Å². The fourth-order valence-electron chi connectivity index (χ4n) is 3.57. The first-order valence-corrected chi connectivity index (χ1v) is 13.2.